The molecule has 3 N–H and O–H groups in total. The molecule has 1 amide bonds. The summed E-state index contributed by atoms with van der Waals surface area (Å²) in [7, 11) is -1.08. The van der Waals surface area contributed by atoms with Gasteiger partial charge in [-0.05, 0) is 11.6 Å². The lowest BCUT2D eigenvalue weighted by molar-refractivity contribution is -0.113. The van der Waals surface area contributed by atoms with E-state index in [-0.39, 0.29) is 11.7 Å². The second kappa shape index (κ2) is 6.40. The number of carbonyl (C=O) groups excluding carboxylic acids is 1. The summed E-state index contributed by atoms with van der Waals surface area (Å²) in [5.74, 6) is 0.294. The van der Waals surface area contributed by atoms with Crippen LogP contribution in [-0.4, -0.2) is 21.6 Å². The van der Waals surface area contributed by atoms with E-state index < -0.39 is 10.8 Å². The van der Waals surface area contributed by atoms with Crippen molar-refractivity contribution in [2.75, 3.05) is 16.8 Å². The van der Waals surface area contributed by atoms with Gasteiger partial charge in [-0.25, -0.2) is 0 Å². The molecule has 0 bridgehead atoms. The summed E-state index contributed by atoms with van der Waals surface area (Å²) in [6.45, 7) is 2.16. The molecule has 0 saturated heterocycles. The molecule has 88 valence electrons. The standard InChI is InChI=1S/C11H16N2O2S/c1-2-16(15)8-11(14)13-10-6-4-3-5-9(10)7-12/h3-6H,2,7-8,12H2,1H3,(H,13,14). The van der Waals surface area contributed by atoms with Crippen LogP contribution in [0.15, 0.2) is 24.3 Å². The fourth-order valence-electron chi connectivity index (χ4n) is 1.25. The summed E-state index contributed by atoms with van der Waals surface area (Å²) in [5, 5.41) is 2.71. The molecule has 1 unspecified atom stereocenters. The zero-order valence-electron chi connectivity index (χ0n) is 9.23. The van der Waals surface area contributed by atoms with Crippen LogP contribution >= 0.6 is 0 Å². The summed E-state index contributed by atoms with van der Waals surface area (Å²) in [4.78, 5) is 11.5. The van der Waals surface area contributed by atoms with Crippen LogP contribution in [0.1, 0.15) is 12.5 Å². The molecule has 0 saturated carbocycles. The number of hydrogen-bond donors (Lipinski definition) is 2. The van der Waals surface area contributed by atoms with Crippen LogP contribution in [0.4, 0.5) is 5.69 Å². The number of anilines is 1. The molecule has 1 aromatic rings. The highest BCUT2D eigenvalue weighted by atomic mass is 32.2. The molecule has 0 aliphatic carbocycles. The Balaban J connectivity index is 2.65. The van der Waals surface area contributed by atoms with E-state index in [9.17, 15) is 9.00 Å². The van der Waals surface area contributed by atoms with Crippen molar-refractivity contribution >= 4 is 22.4 Å². The molecule has 16 heavy (non-hydrogen) atoms. The first-order valence-electron chi connectivity index (χ1n) is 5.10. The van der Waals surface area contributed by atoms with Gasteiger partial charge in [0.15, 0.2) is 0 Å². The third-order valence-electron chi connectivity index (χ3n) is 2.13. The molecule has 1 atom stereocenters. The number of hydrogen-bond acceptors (Lipinski definition) is 3. The Labute approximate surface area is 97.7 Å². The van der Waals surface area contributed by atoms with E-state index >= 15 is 0 Å². The van der Waals surface area contributed by atoms with Gasteiger partial charge in [0.2, 0.25) is 5.91 Å². The zero-order chi connectivity index (χ0) is 12.0. The molecular formula is C11H16N2O2S. The third-order valence-corrected chi connectivity index (χ3v) is 3.35. The smallest absolute Gasteiger partial charge is 0.236 e. The van der Waals surface area contributed by atoms with Crippen molar-refractivity contribution in [3.05, 3.63) is 29.8 Å². The van der Waals surface area contributed by atoms with Gasteiger partial charge >= 0.3 is 0 Å². The Kier molecular flexibility index (Phi) is 5.14. The molecule has 0 radical (unpaired) electrons. The van der Waals surface area contributed by atoms with Crippen LogP contribution in [0.25, 0.3) is 0 Å². The summed E-state index contributed by atoms with van der Waals surface area (Å²) in [6, 6.07) is 7.33. The molecule has 0 aliphatic rings. The van der Waals surface area contributed by atoms with Crippen LogP contribution < -0.4 is 11.1 Å². The van der Waals surface area contributed by atoms with Crippen molar-refractivity contribution in [2.45, 2.75) is 13.5 Å². The maximum Gasteiger partial charge on any atom is 0.236 e. The van der Waals surface area contributed by atoms with Crippen LogP contribution in [0.3, 0.4) is 0 Å². The number of amides is 1. The summed E-state index contributed by atoms with van der Waals surface area (Å²) < 4.78 is 11.2. The van der Waals surface area contributed by atoms with E-state index in [0.717, 1.165) is 5.56 Å². The maximum absolute atomic E-state index is 11.5. The first kappa shape index (κ1) is 12.9. The van der Waals surface area contributed by atoms with Gasteiger partial charge in [-0.2, -0.15) is 0 Å². The van der Waals surface area contributed by atoms with Crippen molar-refractivity contribution < 1.29 is 9.00 Å². The molecule has 0 aliphatic heterocycles. The number of para-hydroxylation sites is 1. The predicted molar refractivity (Wildman–Crippen MR) is 66.5 cm³/mol. The second-order valence-corrected chi connectivity index (χ2v) is 5.03. The fraction of sp³-hybridized carbons (Fsp3) is 0.364. The van der Waals surface area contributed by atoms with Crippen molar-refractivity contribution in [3.8, 4) is 0 Å². The lowest BCUT2D eigenvalue weighted by Crippen LogP contribution is -2.21. The van der Waals surface area contributed by atoms with Gasteiger partial charge in [0.05, 0.1) is 0 Å². The number of rotatable bonds is 5. The molecule has 1 aromatic carbocycles. The largest absolute Gasteiger partial charge is 0.326 e. The molecule has 0 fully saturated rings. The predicted octanol–water partition coefficient (Wildman–Crippen LogP) is 0.852. The van der Waals surface area contributed by atoms with Crippen LogP contribution in [0.2, 0.25) is 0 Å². The monoisotopic (exact) mass is 240 g/mol. The number of nitrogens with one attached hydrogen (secondary N) is 1. The quantitative estimate of drug-likeness (QED) is 0.801. The average molecular weight is 240 g/mol. The maximum atomic E-state index is 11.5. The minimum atomic E-state index is -1.08. The molecule has 4 nitrogen and oxygen atoms in total. The minimum Gasteiger partial charge on any atom is -0.326 e. The Morgan fingerprint density at radius 3 is 2.75 bits per heavy atom. The van der Waals surface area contributed by atoms with Crippen LogP contribution in [-0.2, 0) is 22.1 Å². The van der Waals surface area contributed by atoms with Gasteiger partial charge in [-0.15, -0.1) is 0 Å². The highest BCUT2D eigenvalue weighted by Crippen LogP contribution is 2.13. The van der Waals surface area contributed by atoms with Crippen molar-refractivity contribution in [1.82, 2.24) is 0 Å². The lowest BCUT2D eigenvalue weighted by atomic mass is 10.2. The van der Waals surface area contributed by atoms with E-state index in [1.54, 1.807) is 13.0 Å². The van der Waals surface area contributed by atoms with E-state index in [1.165, 1.54) is 0 Å². The van der Waals surface area contributed by atoms with Gasteiger partial charge in [-0.3, -0.25) is 9.00 Å². The molecule has 1 rings (SSSR count). The summed E-state index contributed by atoms with van der Waals surface area (Å²) in [6.07, 6.45) is 0. The van der Waals surface area contributed by atoms with E-state index in [4.69, 9.17) is 5.73 Å². The fourth-order valence-corrected chi connectivity index (χ4v) is 1.82. The first-order valence-corrected chi connectivity index (χ1v) is 6.59. The molecule has 0 aromatic heterocycles. The SMILES string of the molecule is CCS(=O)CC(=O)Nc1ccccc1CN. The third kappa shape index (κ3) is 3.75. The van der Waals surface area contributed by atoms with Crippen molar-refractivity contribution in [2.24, 2.45) is 5.73 Å². The van der Waals surface area contributed by atoms with Crippen molar-refractivity contribution in [3.63, 3.8) is 0 Å². The van der Waals surface area contributed by atoms with Gasteiger partial charge < -0.3 is 11.1 Å². The van der Waals surface area contributed by atoms with E-state index in [1.807, 2.05) is 18.2 Å². The van der Waals surface area contributed by atoms with E-state index in [0.29, 0.717) is 18.0 Å². The van der Waals surface area contributed by atoms with Gasteiger partial charge in [0.25, 0.3) is 0 Å². The lowest BCUT2D eigenvalue weighted by Gasteiger charge is -2.08. The number of carbonyl (C=O) groups is 1. The Hall–Kier alpha value is -1.20. The topological polar surface area (TPSA) is 72.2 Å². The van der Waals surface area contributed by atoms with Gasteiger partial charge in [0, 0.05) is 28.8 Å². The highest BCUT2D eigenvalue weighted by Gasteiger charge is 2.08. The van der Waals surface area contributed by atoms with Crippen LogP contribution in [0, 0.1) is 0 Å². The van der Waals surface area contributed by atoms with Gasteiger partial charge in [-0.1, -0.05) is 25.1 Å². The molecule has 0 heterocycles. The average Bonchev–Trinajstić information content (AvgIpc) is 2.29. The number of benzene rings is 1. The summed E-state index contributed by atoms with van der Waals surface area (Å²) >= 11 is 0. The highest BCUT2D eigenvalue weighted by molar-refractivity contribution is 7.85. The zero-order valence-corrected chi connectivity index (χ0v) is 10.0. The Morgan fingerprint density at radius 2 is 2.12 bits per heavy atom. The van der Waals surface area contributed by atoms with Gasteiger partial charge in [0.1, 0.15) is 5.75 Å². The van der Waals surface area contributed by atoms with Crippen LogP contribution in [0.5, 0.6) is 0 Å². The Bertz CT molecular complexity index is 393. The molecular weight excluding hydrogens is 224 g/mol. The molecule has 5 heteroatoms. The first-order chi connectivity index (χ1) is 7.67. The Morgan fingerprint density at radius 1 is 1.44 bits per heavy atom. The number of nitrogens with two attached hydrogens (primary N) is 1. The molecule has 0 spiro atoms. The van der Waals surface area contributed by atoms with E-state index in [2.05, 4.69) is 5.32 Å². The van der Waals surface area contributed by atoms with Crippen molar-refractivity contribution in [1.29, 1.82) is 0 Å². The summed E-state index contributed by atoms with van der Waals surface area (Å²) in [5.41, 5.74) is 7.11. The minimum absolute atomic E-state index is 0.0371. The second-order valence-electron chi connectivity index (χ2n) is 3.28. The normalized spacial score (nSPS) is 12.1.